The van der Waals surface area contributed by atoms with Crippen LogP contribution in [0.25, 0.3) is 0 Å². The van der Waals surface area contributed by atoms with Crippen molar-refractivity contribution in [3.8, 4) is 0 Å². The van der Waals surface area contributed by atoms with Gasteiger partial charge in [-0.05, 0) is 38.0 Å². The summed E-state index contributed by atoms with van der Waals surface area (Å²) in [5.74, 6) is 0. The number of hydrogen-bond donors (Lipinski definition) is 0. The normalized spacial score (nSPS) is 32.2. The molecule has 1 saturated heterocycles. The molecular formula is C13H27O3RfSi2-. The van der Waals surface area contributed by atoms with Gasteiger partial charge in [-0.1, -0.05) is 12.5 Å². The van der Waals surface area contributed by atoms with Gasteiger partial charge in [0.15, 0.2) is 8.32 Å². The number of hydrogen-bond acceptors (Lipinski definition) is 3. The zero-order chi connectivity index (χ0) is 13.5. The molecule has 1 aliphatic heterocycles. The van der Waals surface area contributed by atoms with E-state index in [4.69, 9.17) is 15.7 Å². The van der Waals surface area contributed by atoms with Crippen molar-refractivity contribution in [2.45, 2.75) is 56.9 Å². The van der Waals surface area contributed by atoms with Crippen LogP contribution >= 0.6 is 0 Å². The van der Waals surface area contributed by atoms with Crippen LogP contribution in [0.4, 0.5) is 0 Å². The van der Waals surface area contributed by atoms with Crippen molar-refractivity contribution in [3.05, 3.63) is 14.0 Å². The average Bonchev–Trinajstić information content (AvgIpc) is 2.27. The molecule has 0 bridgehead atoms. The molecule has 0 aromatic carbocycles. The van der Waals surface area contributed by atoms with Gasteiger partial charge in [0.2, 0.25) is 0 Å². The summed E-state index contributed by atoms with van der Waals surface area (Å²) in [6, 6.07) is 3.37. The van der Waals surface area contributed by atoms with E-state index in [2.05, 4.69) is 24.8 Å². The Morgan fingerprint density at radius 1 is 1.26 bits per heavy atom. The van der Waals surface area contributed by atoms with Crippen molar-refractivity contribution >= 4 is 16.9 Å². The summed E-state index contributed by atoms with van der Waals surface area (Å²) in [6.45, 7) is 9.97. The van der Waals surface area contributed by atoms with Crippen LogP contribution in [0.2, 0.25) is 31.2 Å². The van der Waals surface area contributed by atoms with Gasteiger partial charge in [-0.3, -0.25) is 0 Å². The summed E-state index contributed by atoms with van der Waals surface area (Å²) in [5, 5.41) is 0. The summed E-state index contributed by atoms with van der Waals surface area (Å²) in [6.07, 6.45) is 4.30. The Kier molecular flexibility index (Phi) is 8.17. The van der Waals surface area contributed by atoms with E-state index >= 15 is 0 Å². The topological polar surface area (TPSA) is 27.7 Å². The van der Waals surface area contributed by atoms with Crippen LogP contribution in [-0.4, -0.2) is 30.1 Å². The Balaban J connectivity index is 0.00000324. The first kappa shape index (κ1) is 18.3. The Morgan fingerprint density at radius 3 is 2.63 bits per heavy atom. The van der Waals surface area contributed by atoms with E-state index in [-0.39, 0.29) is 0 Å². The molecule has 0 spiro atoms. The van der Waals surface area contributed by atoms with Crippen LogP contribution < -0.4 is 0 Å². The molecule has 0 aromatic rings. The van der Waals surface area contributed by atoms with E-state index in [0.717, 1.165) is 31.5 Å². The van der Waals surface area contributed by atoms with Crippen molar-refractivity contribution in [2.24, 2.45) is 0 Å². The smallest absolute Gasteiger partial charge is 0.324 e. The van der Waals surface area contributed by atoms with Crippen molar-refractivity contribution in [2.75, 3.05) is 13.2 Å². The molecule has 1 rings (SSSR count). The Labute approximate surface area is 115 Å². The molecule has 2 radical (unpaired) electrons. The van der Waals surface area contributed by atoms with Gasteiger partial charge in [0.05, 0.1) is 0 Å². The molecule has 1 fully saturated rings. The zero-order valence-electron chi connectivity index (χ0n) is 12.6. The first-order chi connectivity index (χ1) is 8.54. The van der Waals surface area contributed by atoms with Gasteiger partial charge in [-0.15, -0.1) is 0 Å². The van der Waals surface area contributed by atoms with Crippen LogP contribution in [0.15, 0.2) is 0 Å². The van der Waals surface area contributed by atoms with Crippen molar-refractivity contribution in [1.82, 2.24) is 0 Å². The SMILES string of the molecule is [CH]OCCC[Si]1(C)OCCCC[Si](C)(CC[CH2-])O1.[Rf]. The third-order valence-electron chi connectivity index (χ3n) is 3.57. The van der Waals surface area contributed by atoms with Gasteiger partial charge < -0.3 is 20.2 Å². The second-order valence-corrected chi connectivity index (χ2v) is 13.3. The van der Waals surface area contributed by atoms with E-state index in [9.17, 15) is 0 Å². The molecule has 0 N–H and O–H groups in total. The summed E-state index contributed by atoms with van der Waals surface area (Å²) in [7, 11) is 1.44. The summed E-state index contributed by atoms with van der Waals surface area (Å²) < 4.78 is 17.3. The summed E-state index contributed by atoms with van der Waals surface area (Å²) >= 11 is 0. The van der Waals surface area contributed by atoms with Gasteiger partial charge >= 0.3 is 8.56 Å². The fourth-order valence-electron chi connectivity index (χ4n) is 2.64. The van der Waals surface area contributed by atoms with Crippen molar-refractivity contribution < 1.29 is 13.3 Å². The molecule has 2 unspecified atom stereocenters. The van der Waals surface area contributed by atoms with Crippen molar-refractivity contribution in [3.63, 3.8) is 0 Å². The minimum Gasteiger partial charge on any atom is -0.436 e. The molecule has 19 heavy (non-hydrogen) atoms. The standard InChI is InChI=1S/C13H27O3Si2.Rf/c1-5-11-17(3)12-7-6-10-15-18(4,16-17)13-8-9-14-2;/h2H,1,5-13H2,3-4H3;/q-1;. The average molecular weight is 555 g/mol. The minimum absolute atomic E-state index is 0. The third-order valence-corrected chi connectivity index (χ3v) is 12.2. The van der Waals surface area contributed by atoms with Gasteiger partial charge in [0.1, 0.15) is 7.11 Å². The van der Waals surface area contributed by atoms with Crippen LogP contribution in [0.3, 0.4) is 0 Å². The molecule has 0 aromatic heterocycles. The van der Waals surface area contributed by atoms with E-state index in [1.807, 2.05) is 0 Å². The third kappa shape index (κ3) is 6.34. The largest absolute Gasteiger partial charge is 0.436 e. The predicted octanol–water partition coefficient (Wildman–Crippen LogP) is 3.76. The molecule has 1 heterocycles. The maximum absolute atomic E-state index is 6.57. The van der Waals surface area contributed by atoms with Crippen LogP contribution in [0, 0.1) is 14.0 Å². The molecule has 3 nitrogen and oxygen atoms in total. The van der Waals surface area contributed by atoms with Gasteiger partial charge in [0, 0.05) is 13.2 Å². The molecule has 1 aliphatic rings. The van der Waals surface area contributed by atoms with E-state index in [1.54, 1.807) is 0 Å². The Hall–Kier alpha value is -0.686. The quantitative estimate of drug-likeness (QED) is 0.285. The molecule has 2 atom stereocenters. The second kappa shape index (κ2) is 8.48. The van der Waals surface area contributed by atoms with Crippen molar-refractivity contribution in [1.29, 1.82) is 0 Å². The first-order valence-corrected chi connectivity index (χ1v) is 12.3. The number of rotatable bonds is 6. The molecular weight excluding hydrogens is 527 g/mol. The fourth-order valence-corrected chi connectivity index (χ4v) is 11.8. The molecule has 0 saturated carbocycles. The maximum atomic E-state index is 6.57. The van der Waals surface area contributed by atoms with Crippen LogP contribution in [0.1, 0.15) is 25.7 Å². The van der Waals surface area contributed by atoms with Crippen LogP contribution in [0.5, 0.6) is 0 Å². The fraction of sp³-hybridized carbons (Fsp3) is 0.846. The zero-order valence-corrected chi connectivity index (χ0v) is 21.0. The molecule has 0 amide bonds. The Bertz CT molecular complexity index is 246. The minimum atomic E-state index is -2.03. The van der Waals surface area contributed by atoms with E-state index in [0.29, 0.717) is 6.61 Å². The molecule has 6 heteroatoms. The van der Waals surface area contributed by atoms with Crippen LogP contribution in [-0.2, 0) is 13.3 Å². The number of ether oxygens (including phenoxy) is 1. The maximum Gasteiger partial charge on any atom is 0.324 e. The summed E-state index contributed by atoms with van der Waals surface area (Å²) in [4.78, 5) is 0. The first-order valence-electron chi connectivity index (χ1n) is 6.99. The molecule has 108 valence electrons. The molecule has 0 aliphatic carbocycles. The predicted molar refractivity (Wildman–Crippen MR) is 78.8 cm³/mol. The van der Waals surface area contributed by atoms with Gasteiger partial charge in [-0.2, -0.15) is 6.42 Å². The van der Waals surface area contributed by atoms with E-state index < -0.39 is 16.9 Å². The second-order valence-electron chi connectivity index (χ2n) is 5.57. The van der Waals surface area contributed by atoms with Gasteiger partial charge in [-0.25, -0.2) is 0 Å². The van der Waals surface area contributed by atoms with E-state index in [1.165, 1.54) is 18.9 Å². The Morgan fingerprint density at radius 2 is 2.00 bits per heavy atom. The summed E-state index contributed by atoms with van der Waals surface area (Å²) in [5.41, 5.74) is 0. The monoisotopic (exact) mass is 554 g/mol. The van der Waals surface area contributed by atoms with Gasteiger partial charge in [0.25, 0.3) is 0 Å².